The minimum Gasteiger partial charge on any atom is -0.396 e. The second-order valence-electron chi connectivity index (χ2n) is 4.63. The number of nitrogen functional groups attached to an aromatic ring is 1. The highest BCUT2D eigenvalue weighted by Crippen LogP contribution is 2.15. The first kappa shape index (κ1) is 13.3. The predicted molar refractivity (Wildman–Crippen MR) is 69.0 cm³/mol. The van der Waals surface area contributed by atoms with Gasteiger partial charge in [-0.3, -0.25) is 9.59 Å². The normalized spacial score (nSPS) is 16.4. The van der Waals surface area contributed by atoms with E-state index in [1.165, 1.54) is 17.0 Å². The number of rotatable bonds is 1. The van der Waals surface area contributed by atoms with E-state index < -0.39 is 5.82 Å². The molecule has 0 aromatic heterocycles. The van der Waals surface area contributed by atoms with Crippen molar-refractivity contribution in [1.29, 1.82) is 0 Å². The average molecular weight is 265 g/mol. The molecule has 1 aromatic carbocycles. The minimum atomic E-state index is -0.621. The third kappa shape index (κ3) is 2.83. The molecule has 1 heterocycles. The SMILES string of the molecule is CN1CCCN(C(=O)c2ccc(N)c(F)c2)CC1=O. The first-order valence-corrected chi connectivity index (χ1v) is 6.07. The third-order valence-corrected chi connectivity index (χ3v) is 3.21. The number of nitrogens with zero attached hydrogens (tertiary/aromatic N) is 2. The summed E-state index contributed by atoms with van der Waals surface area (Å²) in [6.07, 6.45) is 0.714. The molecular weight excluding hydrogens is 249 g/mol. The van der Waals surface area contributed by atoms with E-state index in [4.69, 9.17) is 5.73 Å². The molecule has 1 saturated heterocycles. The first-order valence-electron chi connectivity index (χ1n) is 6.07. The molecule has 2 rings (SSSR count). The van der Waals surface area contributed by atoms with Gasteiger partial charge < -0.3 is 15.5 Å². The number of carbonyl (C=O) groups is 2. The Morgan fingerprint density at radius 3 is 2.79 bits per heavy atom. The van der Waals surface area contributed by atoms with Crippen molar-refractivity contribution in [3.05, 3.63) is 29.6 Å². The van der Waals surface area contributed by atoms with E-state index in [1.807, 2.05) is 0 Å². The average Bonchev–Trinajstić information content (AvgIpc) is 2.55. The van der Waals surface area contributed by atoms with Crippen LogP contribution >= 0.6 is 0 Å². The zero-order valence-corrected chi connectivity index (χ0v) is 10.7. The van der Waals surface area contributed by atoms with Gasteiger partial charge in [0.15, 0.2) is 0 Å². The Morgan fingerprint density at radius 2 is 2.11 bits per heavy atom. The lowest BCUT2D eigenvalue weighted by molar-refractivity contribution is -0.129. The molecule has 102 valence electrons. The van der Waals surface area contributed by atoms with E-state index in [1.54, 1.807) is 11.9 Å². The van der Waals surface area contributed by atoms with Gasteiger partial charge in [0.1, 0.15) is 12.4 Å². The highest BCUT2D eigenvalue weighted by Gasteiger charge is 2.24. The number of amides is 2. The van der Waals surface area contributed by atoms with E-state index in [-0.39, 0.29) is 29.6 Å². The smallest absolute Gasteiger partial charge is 0.254 e. The van der Waals surface area contributed by atoms with Crippen LogP contribution in [0, 0.1) is 5.82 Å². The van der Waals surface area contributed by atoms with Gasteiger partial charge in [-0.15, -0.1) is 0 Å². The summed E-state index contributed by atoms with van der Waals surface area (Å²) < 4.78 is 13.4. The van der Waals surface area contributed by atoms with E-state index in [9.17, 15) is 14.0 Å². The molecule has 1 aliphatic rings. The summed E-state index contributed by atoms with van der Waals surface area (Å²) in [4.78, 5) is 27.0. The zero-order valence-electron chi connectivity index (χ0n) is 10.7. The minimum absolute atomic E-state index is 0.00299. The Balaban J connectivity index is 2.18. The molecule has 5 nitrogen and oxygen atoms in total. The highest BCUT2D eigenvalue weighted by atomic mass is 19.1. The summed E-state index contributed by atoms with van der Waals surface area (Å²) in [5, 5.41) is 0. The van der Waals surface area contributed by atoms with Crippen LogP contribution in [0.15, 0.2) is 18.2 Å². The fraction of sp³-hybridized carbons (Fsp3) is 0.385. The molecule has 19 heavy (non-hydrogen) atoms. The fourth-order valence-electron chi connectivity index (χ4n) is 2.00. The van der Waals surface area contributed by atoms with Crippen molar-refractivity contribution in [3.8, 4) is 0 Å². The van der Waals surface area contributed by atoms with E-state index >= 15 is 0 Å². The monoisotopic (exact) mass is 265 g/mol. The Morgan fingerprint density at radius 1 is 1.37 bits per heavy atom. The molecule has 1 fully saturated rings. The van der Waals surface area contributed by atoms with Crippen LogP contribution in [0.25, 0.3) is 0 Å². The molecule has 0 atom stereocenters. The molecule has 2 N–H and O–H groups in total. The van der Waals surface area contributed by atoms with Crippen molar-refractivity contribution in [2.24, 2.45) is 0 Å². The van der Waals surface area contributed by atoms with Crippen LogP contribution in [-0.4, -0.2) is 48.3 Å². The van der Waals surface area contributed by atoms with Crippen LogP contribution in [0.4, 0.5) is 10.1 Å². The van der Waals surface area contributed by atoms with Gasteiger partial charge in [0.05, 0.1) is 5.69 Å². The lowest BCUT2D eigenvalue weighted by Crippen LogP contribution is -2.38. The summed E-state index contributed by atoms with van der Waals surface area (Å²) in [5.74, 6) is -1.08. The Kier molecular flexibility index (Phi) is 3.69. The summed E-state index contributed by atoms with van der Waals surface area (Å²) in [5.41, 5.74) is 5.59. The van der Waals surface area contributed by atoms with Crippen LogP contribution in [0.3, 0.4) is 0 Å². The lowest BCUT2D eigenvalue weighted by Gasteiger charge is -2.19. The maximum Gasteiger partial charge on any atom is 0.254 e. The quantitative estimate of drug-likeness (QED) is 0.761. The van der Waals surface area contributed by atoms with Gasteiger partial charge in [-0.25, -0.2) is 4.39 Å². The molecule has 0 bridgehead atoms. The Hall–Kier alpha value is -2.11. The van der Waals surface area contributed by atoms with Gasteiger partial charge in [0.2, 0.25) is 5.91 Å². The van der Waals surface area contributed by atoms with Crippen molar-refractivity contribution < 1.29 is 14.0 Å². The Bertz CT molecular complexity index is 519. The molecular formula is C13H16FN3O2. The van der Waals surface area contributed by atoms with Gasteiger partial charge in [-0.1, -0.05) is 0 Å². The maximum absolute atomic E-state index is 13.4. The van der Waals surface area contributed by atoms with Crippen molar-refractivity contribution in [2.45, 2.75) is 6.42 Å². The second kappa shape index (κ2) is 5.26. The Labute approximate surface area is 110 Å². The van der Waals surface area contributed by atoms with Gasteiger partial charge in [0, 0.05) is 25.7 Å². The van der Waals surface area contributed by atoms with Gasteiger partial charge >= 0.3 is 0 Å². The summed E-state index contributed by atoms with van der Waals surface area (Å²) in [6.45, 7) is 1.14. The number of hydrogen-bond donors (Lipinski definition) is 1. The van der Waals surface area contributed by atoms with Gasteiger partial charge in [-0.2, -0.15) is 0 Å². The maximum atomic E-state index is 13.4. The van der Waals surface area contributed by atoms with Crippen molar-refractivity contribution in [2.75, 3.05) is 32.4 Å². The van der Waals surface area contributed by atoms with E-state index in [0.717, 1.165) is 6.07 Å². The molecule has 1 aromatic rings. The number of nitrogens with two attached hydrogens (primary N) is 1. The van der Waals surface area contributed by atoms with E-state index in [0.29, 0.717) is 19.5 Å². The predicted octanol–water partition coefficient (Wildman–Crippen LogP) is 0.712. The first-order chi connectivity index (χ1) is 8.99. The zero-order chi connectivity index (χ0) is 14.0. The number of carbonyl (C=O) groups excluding carboxylic acids is 2. The topological polar surface area (TPSA) is 66.6 Å². The highest BCUT2D eigenvalue weighted by molar-refractivity contribution is 5.97. The summed E-state index contributed by atoms with van der Waals surface area (Å²) in [7, 11) is 1.71. The molecule has 2 amide bonds. The van der Waals surface area contributed by atoms with Crippen LogP contribution in [0.5, 0.6) is 0 Å². The molecule has 0 radical (unpaired) electrons. The number of hydrogen-bond acceptors (Lipinski definition) is 3. The van der Waals surface area contributed by atoms with E-state index in [2.05, 4.69) is 0 Å². The molecule has 0 saturated carbocycles. The lowest BCUT2D eigenvalue weighted by atomic mass is 10.1. The number of likely N-dealkylation sites (N-methyl/N-ethyl adjacent to an activating group) is 1. The van der Waals surface area contributed by atoms with Crippen LogP contribution < -0.4 is 5.73 Å². The van der Waals surface area contributed by atoms with Crippen molar-refractivity contribution >= 4 is 17.5 Å². The largest absolute Gasteiger partial charge is 0.396 e. The molecule has 6 heteroatoms. The molecule has 0 spiro atoms. The summed E-state index contributed by atoms with van der Waals surface area (Å²) >= 11 is 0. The van der Waals surface area contributed by atoms with Gasteiger partial charge in [-0.05, 0) is 24.6 Å². The number of anilines is 1. The third-order valence-electron chi connectivity index (χ3n) is 3.21. The van der Waals surface area contributed by atoms with Crippen LogP contribution in [0.2, 0.25) is 0 Å². The number of halogens is 1. The standard InChI is InChI=1S/C13H16FN3O2/c1-16-5-2-6-17(8-12(16)18)13(19)9-3-4-11(15)10(14)7-9/h3-4,7H,2,5-6,8,15H2,1H3. The number of benzene rings is 1. The van der Waals surface area contributed by atoms with Crippen molar-refractivity contribution in [1.82, 2.24) is 9.80 Å². The second-order valence-corrected chi connectivity index (χ2v) is 4.63. The molecule has 0 aliphatic carbocycles. The van der Waals surface area contributed by atoms with Crippen LogP contribution in [-0.2, 0) is 4.79 Å². The van der Waals surface area contributed by atoms with Gasteiger partial charge in [0.25, 0.3) is 5.91 Å². The summed E-state index contributed by atoms with van der Waals surface area (Å²) in [6, 6.07) is 3.94. The molecule has 0 unspecified atom stereocenters. The van der Waals surface area contributed by atoms with Crippen LogP contribution in [0.1, 0.15) is 16.8 Å². The van der Waals surface area contributed by atoms with Crippen molar-refractivity contribution in [3.63, 3.8) is 0 Å². The fourth-order valence-corrected chi connectivity index (χ4v) is 2.00. The molecule has 1 aliphatic heterocycles.